The summed E-state index contributed by atoms with van der Waals surface area (Å²) in [6.45, 7) is 3.30. The Morgan fingerprint density at radius 3 is 1.94 bits per heavy atom. The highest BCUT2D eigenvalue weighted by atomic mass is 16.4. The van der Waals surface area contributed by atoms with Gasteiger partial charge in [-0.25, -0.2) is 9.59 Å². The lowest BCUT2D eigenvalue weighted by Crippen LogP contribution is -1.99. The molecule has 18 heavy (non-hydrogen) atoms. The molecule has 6 nitrogen and oxygen atoms in total. The number of aliphatic carboxylic acids is 2. The van der Waals surface area contributed by atoms with Crippen LogP contribution >= 0.6 is 0 Å². The van der Waals surface area contributed by atoms with Gasteiger partial charge in [-0.1, -0.05) is 13.0 Å². The Morgan fingerprint density at radius 2 is 1.67 bits per heavy atom. The van der Waals surface area contributed by atoms with Gasteiger partial charge >= 0.3 is 11.9 Å². The molecular formula is C12H18O6. The van der Waals surface area contributed by atoms with Crippen LogP contribution in [0.2, 0.25) is 0 Å². The van der Waals surface area contributed by atoms with E-state index in [2.05, 4.69) is 0 Å². The van der Waals surface area contributed by atoms with Crippen molar-refractivity contribution in [3.05, 3.63) is 24.0 Å². The molecule has 0 aromatic heterocycles. The largest absolute Gasteiger partial charge is 0.502 e. The predicted molar refractivity (Wildman–Crippen MR) is 65.3 cm³/mol. The third-order valence-corrected chi connectivity index (χ3v) is 1.55. The normalized spacial score (nSPS) is 10.7. The fourth-order valence-corrected chi connectivity index (χ4v) is 0.718. The maximum absolute atomic E-state index is 10.3. The molecule has 0 radical (unpaired) electrons. The van der Waals surface area contributed by atoms with E-state index in [0.29, 0.717) is 0 Å². The SMILES string of the molecule is CC(=O)CCC=C(O)C(=O)O.CCC=CC(=O)O. The Labute approximate surface area is 105 Å². The van der Waals surface area contributed by atoms with Crippen LogP contribution in [0.5, 0.6) is 0 Å². The third-order valence-electron chi connectivity index (χ3n) is 1.55. The van der Waals surface area contributed by atoms with Gasteiger partial charge in [0, 0.05) is 12.5 Å². The number of rotatable bonds is 6. The van der Waals surface area contributed by atoms with Crippen LogP contribution in [0.15, 0.2) is 24.0 Å². The summed E-state index contributed by atoms with van der Waals surface area (Å²) in [5.41, 5.74) is 0. The Hall–Kier alpha value is -2.11. The van der Waals surface area contributed by atoms with Gasteiger partial charge < -0.3 is 20.1 Å². The maximum atomic E-state index is 10.3. The van der Waals surface area contributed by atoms with Crippen molar-refractivity contribution >= 4 is 17.7 Å². The molecule has 0 rings (SSSR count). The summed E-state index contributed by atoms with van der Waals surface area (Å²) in [6.07, 6.45) is 5.17. The lowest BCUT2D eigenvalue weighted by Gasteiger charge is -1.90. The lowest BCUT2D eigenvalue weighted by molar-refractivity contribution is -0.135. The van der Waals surface area contributed by atoms with Crippen molar-refractivity contribution in [2.45, 2.75) is 33.1 Å². The van der Waals surface area contributed by atoms with E-state index in [-0.39, 0.29) is 18.6 Å². The van der Waals surface area contributed by atoms with Gasteiger partial charge in [0.05, 0.1) is 0 Å². The highest BCUT2D eigenvalue weighted by Gasteiger charge is 2.01. The number of carbonyl (C=O) groups excluding carboxylic acids is 1. The van der Waals surface area contributed by atoms with Crippen molar-refractivity contribution in [2.24, 2.45) is 0 Å². The van der Waals surface area contributed by atoms with Crippen molar-refractivity contribution in [3.63, 3.8) is 0 Å². The van der Waals surface area contributed by atoms with E-state index in [9.17, 15) is 14.4 Å². The maximum Gasteiger partial charge on any atom is 0.370 e. The first-order valence-corrected chi connectivity index (χ1v) is 5.32. The lowest BCUT2D eigenvalue weighted by atomic mass is 10.2. The minimum absolute atomic E-state index is 0.0283. The third kappa shape index (κ3) is 16.3. The molecule has 0 aliphatic carbocycles. The van der Waals surface area contributed by atoms with Gasteiger partial charge in [0.15, 0.2) is 5.76 Å². The van der Waals surface area contributed by atoms with Gasteiger partial charge in [-0.15, -0.1) is 0 Å². The molecular weight excluding hydrogens is 240 g/mol. The van der Waals surface area contributed by atoms with Crippen molar-refractivity contribution < 1.29 is 29.7 Å². The molecule has 0 fully saturated rings. The molecule has 3 N–H and O–H groups in total. The number of carbonyl (C=O) groups is 3. The number of allylic oxidation sites excluding steroid dienone is 2. The predicted octanol–water partition coefficient (Wildman–Crippen LogP) is 1.92. The smallest absolute Gasteiger partial charge is 0.370 e. The van der Waals surface area contributed by atoms with E-state index >= 15 is 0 Å². The molecule has 6 heteroatoms. The second-order valence-electron chi connectivity index (χ2n) is 3.28. The molecule has 0 saturated carbocycles. The highest BCUT2D eigenvalue weighted by molar-refractivity contribution is 5.83. The fourth-order valence-electron chi connectivity index (χ4n) is 0.718. The molecule has 0 unspecified atom stereocenters. The zero-order valence-corrected chi connectivity index (χ0v) is 10.4. The van der Waals surface area contributed by atoms with Gasteiger partial charge in [-0.3, -0.25) is 0 Å². The Bertz CT molecular complexity index is 340. The van der Waals surface area contributed by atoms with Gasteiger partial charge in [-0.05, 0) is 25.8 Å². The van der Waals surface area contributed by atoms with E-state index in [1.54, 1.807) is 6.08 Å². The summed E-state index contributed by atoms with van der Waals surface area (Å²) < 4.78 is 0. The zero-order valence-electron chi connectivity index (χ0n) is 10.4. The van der Waals surface area contributed by atoms with E-state index in [4.69, 9.17) is 15.3 Å². The molecule has 0 aromatic carbocycles. The average Bonchev–Trinajstić information content (AvgIpc) is 2.26. The van der Waals surface area contributed by atoms with Crippen molar-refractivity contribution in [1.29, 1.82) is 0 Å². The Morgan fingerprint density at radius 1 is 1.11 bits per heavy atom. The Balaban J connectivity index is 0. The van der Waals surface area contributed by atoms with Crippen LogP contribution in [0, 0.1) is 0 Å². The summed E-state index contributed by atoms with van der Waals surface area (Å²) in [5, 5.41) is 24.7. The van der Waals surface area contributed by atoms with Crippen LogP contribution in [-0.2, 0) is 14.4 Å². The van der Waals surface area contributed by atoms with E-state index in [0.717, 1.165) is 18.6 Å². The summed E-state index contributed by atoms with van der Waals surface area (Å²) in [4.78, 5) is 30.0. The summed E-state index contributed by atoms with van der Waals surface area (Å²) >= 11 is 0. The number of hydrogen-bond acceptors (Lipinski definition) is 4. The molecule has 0 aliphatic heterocycles. The standard InChI is InChI=1S/C7H10O4.C5H8O2/c1-5(8)3-2-4-6(9)7(10)11;1-2-3-4-5(6)7/h4,9H,2-3H2,1H3,(H,10,11);3-4H,2H2,1H3,(H,6,7). The summed E-state index contributed by atoms with van der Waals surface area (Å²) in [7, 11) is 0. The first-order chi connectivity index (χ1) is 8.31. The minimum Gasteiger partial charge on any atom is -0.502 e. The number of carboxylic acids is 2. The summed E-state index contributed by atoms with van der Waals surface area (Å²) in [6, 6.07) is 0. The first-order valence-electron chi connectivity index (χ1n) is 5.32. The van der Waals surface area contributed by atoms with Crippen LogP contribution in [-0.4, -0.2) is 33.0 Å². The number of aliphatic hydroxyl groups excluding tert-OH is 1. The zero-order chi connectivity index (χ0) is 14.6. The molecule has 0 saturated heterocycles. The topological polar surface area (TPSA) is 112 Å². The van der Waals surface area contributed by atoms with E-state index in [1.807, 2.05) is 6.92 Å². The molecule has 0 bridgehead atoms. The number of ketones is 1. The molecule has 0 atom stereocenters. The van der Waals surface area contributed by atoms with E-state index in [1.165, 1.54) is 6.92 Å². The number of Topliss-reactive ketones (excluding diaryl/α,β-unsaturated/α-hetero) is 1. The highest BCUT2D eigenvalue weighted by Crippen LogP contribution is 1.96. The van der Waals surface area contributed by atoms with Gasteiger partial charge in [0.2, 0.25) is 0 Å². The van der Waals surface area contributed by atoms with Crippen LogP contribution in [0.25, 0.3) is 0 Å². The average molecular weight is 258 g/mol. The first kappa shape index (κ1) is 18.3. The molecule has 0 aliphatic rings. The van der Waals surface area contributed by atoms with Crippen molar-refractivity contribution in [2.75, 3.05) is 0 Å². The van der Waals surface area contributed by atoms with Crippen LogP contribution in [0.3, 0.4) is 0 Å². The van der Waals surface area contributed by atoms with Crippen molar-refractivity contribution in [1.82, 2.24) is 0 Å². The Kier molecular flexibility index (Phi) is 11.5. The number of carboxylic acid groups (broad SMARTS) is 2. The number of hydrogen-bond donors (Lipinski definition) is 3. The molecule has 0 aromatic rings. The van der Waals surface area contributed by atoms with Gasteiger partial charge in [-0.2, -0.15) is 0 Å². The van der Waals surface area contributed by atoms with Crippen LogP contribution in [0.4, 0.5) is 0 Å². The minimum atomic E-state index is -1.37. The van der Waals surface area contributed by atoms with Gasteiger partial charge in [0.1, 0.15) is 5.78 Å². The monoisotopic (exact) mass is 258 g/mol. The second kappa shape index (κ2) is 11.4. The molecule has 102 valence electrons. The van der Waals surface area contributed by atoms with Gasteiger partial charge in [0.25, 0.3) is 0 Å². The fraction of sp³-hybridized carbons (Fsp3) is 0.417. The second-order valence-corrected chi connectivity index (χ2v) is 3.28. The molecule has 0 spiro atoms. The number of aliphatic hydroxyl groups is 1. The van der Waals surface area contributed by atoms with E-state index < -0.39 is 17.7 Å². The van der Waals surface area contributed by atoms with Crippen LogP contribution in [0.1, 0.15) is 33.1 Å². The molecule has 0 heterocycles. The molecule has 0 amide bonds. The van der Waals surface area contributed by atoms with Crippen molar-refractivity contribution in [3.8, 4) is 0 Å². The summed E-state index contributed by atoms with van der Waals surface area (Å²) in [5.74, 6) is -2.97. The van der Waals surface area contributed by atoms with Crippen LogP contribution < -0.4 is 0 Å². The quantitative estimate of drug-likeness (QED) is 0.495.